The van der Waals surface area contributed by atoms with Gasteiger partial charge in [-0.15, -0.1) is 0 Å². The highest BCUT2D eigenvalue weighted by molar-refractivity contribution is 5.63. The van der Waals surface area contributed by atoms with Gasteiger partial charge >= 0.3 is 0 Å². The second kappa shape index (κ2) is 5.46. The number of rotatable bonds is 4. The summed E-state index contributed by atoms with van der Waals surface area (Å²) in [5.74, 6) is 0.521. The highest BCUT2D eigenvalue weighted by Gasteiger charge is 1.99. The molecule has 2 aromatic carbocycles. The van der Waals surface area contributed by atoms with Crippen LogP contribution in [0.1, 0.15) is 0 Å². The minimum Gasteiger partial charge on any atom is -0.486 e. The van der Waals surface area contributed by atoms with Crippen LogP contribution in [0.15, 0.2) is 48.5 Å². The van der Waals surface area contributed by atoms with Gasteiger partial charge in [0.2, 0.25) is 0 Å². The van der Waals surface area contributed by atoms with E-state index in [4.69, 9.17) is 9.84 Å². The normalized spacial score (nSPS) is 10.2. The fraction of sp³-hybridized carbons (Fsp3) is 0.143. The van der Waals surface area contributed by atoms with Crippen molar-refractivity contribution in [3.63, 3.8) is 0 Å². The molecule has 2 rings (SSSR count). The van der Waals surface area contributed by atoms with Crippen molar-refractivity contribution in [2.75, 3.05) is 13.2 Å². The molecule has 0 heterocycles. The summed E-state index contributed by atoms with van der Waals surface area (Å²) in [6, 6.07) is 13.9. The quantitative estimate of drug-likeness (QED) is 0.747. The van der Waals surface area contributed by atoms with Crippen LogP contribution >= 0.6 is 0 Å². The molecule has 2 aromatic rings. The van der Waals surface area contributed by atoms with Crippen molar-refractivity contribution in [3.8, 4) is 16.9 Å². The van der Waals surface area contributed by atoms with Gasteiger partial charge in [0.25, 0.3) is 0 Å². The van der Waals surface area contributed by atoms with E-state index in [9.17, 15) is 4.39 Å². The molecule has 0 bridgehead atoms. The zero-order chi connectivity index (χ0) is 12.1. The van der Waals surface area contributed by atoms with Gasteiger partial charge < -0.3 is 9.84 Å². The molecule has 2 N–H and O–H groups in total. The first-order chi connectivity index (χ1) is 8.29. The third-order valence-corrected chi connectivity index (χ3v) is 2.40. The number of halogens is 1. The SMILES string of the molecule is [OH2+]CCOc1ccc(-c2ccc(F)cc2)cc1. The number of hydrogen-bond donors (Lipinski definition) is 0. The minimum atomic E-state index is -0.232. The van der Waals surface area contributed by atoms with Crippen LogP contribution in [0.5, 0.6) is 5.75 Å². The second-order valence-corrected chi connectivity index (χ2v) is 3.63. The van der Waals surface area contributed by atoms with Gasteiger partial charge in [0, 0.05) is 0 Å². The first kappa shape index (κ1) is 11.6. The topological polar surface area (TPSA) is 32.1 Å². The van der Waals surface area contributed by atoms with Crippen molar-refractivity contribution < 1.29 is 14.2 Å². The summed E-state index contributed by atoms with van der Waals surface area (Å²) in [6.07, 6.45) is 0. The Labute approximate surface area is 99.3 Å². The highest BCUT2D eigenvalue weighted by Crippen LogP contribution is 2.22. The van der Waals surface area contributed by atoms with Crippen LogP contribution in [0.25, 0.3) is 11.1 Å². The Hall–Kier alpha value is -1.87. The molecule has 0 atom stereocenters. The monoisotopic (exact) mass is 233 g/mol. The molecular weight excluding hydrogens is 219 g/mol. The summed E-state index contributed by atoms with van der Waals surface area (Å²) in [4.78, 5) is 0. The minimum absolute atomic E-state index is 0.232. The smallest absolute Gasteiger partial charge is 0.178 e. The van der Waals surface area contributed by atoms with E-state index < -0.39 is 0 Å². The molecule has 17 heavy (non-hydrogen) atoms. The molecule has 0 spiro atoms. The fourth-order valence-corrected chi connectivity index (χ4v) is 1.55. The van der Waals surface area contributed by atoms with Gasteiger partial charge in [0.05, 0.1) is 0 Å². The van der Waals surface area contributed by atoms with Gasteiger partial charge in [-0.2, -0.15) is 0 Å². The molecule has 0 radical (unpaired) electrons. The van der Waals surface area contributed by atoms with E-state index in [2.05, 4.69) is 0 Å². The van der Waals surface area contributed by atoms with Gasteiger partial charge in [-0.3, -0.25) is 0 Å². The predicted molar refractivity (Wildman–Crippen MR) is 65.8 cm³/mol. The molecule has 0 aliphatic heterocycles. The molecule has 88 valence electrons. The number of benzene rings is 2. The van der Waals surface area contributed by atoms with Crippen LogP contribution < -0.4 is 4.74 Å². The summed E-state index contributed by atoms with van der Waals surface area (Å²) in [6.45, 7) is 0.648. The zero-order valence-corrected chi connectivity index (χ0v) is 9.32. The lowest BCUT2D eigenvalue weighted by atomic mass is 10.1. The molecule has 0 amide bonds. The van der Waals surface area contributed by atoms with Crippen molar-refractivity contribution in [1.82, 2.24) is 0 Å². The summed E-state index contributed by atoms with van der Waals surface area (Å²) in [7, 11) is 0. The first-order valence-corrected chi connectivity index (χ1v) is 5.43. The second-order valence-electron chi connectivity index (χ2n) is 3.63. The van der Waals surface area contributed by atoms with Crippen molar-refractivity contribution in [1.29, 1.82) is 0 Å². The Balaban J connectivity index is 2.14. The lowest BCUT2D eigenvalue weighted by molar-refractivity contribution is 0.201. The van der Waals surface area contributed by atoms with E-state index in [-0.39, 0.29) is 12.4 Å². The summed E-state index contributed by atoms with van der Waals surface area (Å²) in [5, 5.41) is 6.99. The van der Waals surface area contributed by atoms with Crippen molar-refractivity contribution >= 4 is 0 Å². The van der Waals surface area contributed by atoms with Gasteiger partial charge in [0.1, 0.15) is 11.6 Å². The molecule has 0 aliphatic carbocycles. The molecule has 3 heteroatoms. The average Bonchev–Trinajstić information content (AvgIpc) is 2.38. The lowest BCUT2D eigenvalue weighted by Gasteiger charge is -2.05. The standard InChI is InChI=1S/C14H13FO2/c15-13-5-1-11(2-6-13)12-3-7-14(8-4-12)17-10-9-16/h1-8,16H,9-10H2/p+1. The van der Waals surface area contributed by atoms with Crippen LogP contribution in [0.2, 0.25) is 0 Å². The van der Waals surface area contributed by atoms with Crippen LogP contribution in [0.4, 0.5) is 4.39 Å². The Morgan fingerprint density at radius 3 is 1.94 bits per heavy atom. The van der Waals surface area contributed by atoms with Gasteiger partial charge in [-0.25, -0.2) is 4.39 Å². The van der Waals surface area contributed by atoms with Crippen LogP contribution in [0.3, 0.4) is 0 Å². The fourth-order valence-electron chi connectivity index (χ4n) is 1.55. The van der Waals surface area contributed by atoms with E-state index in [1.165, 1.54) is 12.1 Å². The number of hydrogen-bond acceptors (Lipinski definition) is 1. The van der Waals surface area contributed by atoms with Crippen LogP contribution in [0, 0.1) is 5.82 Å². The molecule has 0 unspecified atom stereocenters. The van der Waals surface area contributed by atoms with Crippen molar-refractivity contribution in [2.24, 2.45) is 0 Å². The molecule has 0 fully saturated rings. The van der Waals surface area contributed by atoms with Crippen molar-refractivity contribution in [3.05, 3.63) is 54.3 Å². The molecule has 0 saturated heterocycles. The zero-order valence-electron chi connectivity index (χ0n) is 9.32. The molecule has 2 nitrogen and oxygen atoms in total. The Morgan fingerprint density at radius 1 is 0.882 bits per heavy atom. The Kier molecular flexibility index (Phi) is 3.73. The summed E-state index contributed by atoms with van der Waals surface area (Å²) >= 11 is 0. The van der Waals surface area contributed by atoms with Crippen molar-refractivity contribution in [2.45, 2.75) is 0 Å². The molecule has 0 aliphatic rings. The molecule has 0 aromatic heterocycles. The maximum absolute atomic E-state index is 12.8. The maximum Gasteiger partial charge on any atom is 0.178 e. The van der Waals surface area contributed by atoms with Crippen LogP contribution in [-0.2, 0) is 0 Å². The average molecular weight is 233 g/mol. The summed E-state index contributed by atoms with van der Waals surface area (Å²) in [5.41, 5.74) is 1.99. The molecule has 0 saturated carbocycles. The van der Waals surface area contributed by atoms with E-state index in [0.717, 1.165) is 16.9 Å². The van der Waals surface area contributed by atoms with Gasteiger partial charge in [-0.05, 0) is 35.4 Å². The highest BCUT2D eigenvalue weighted by atomic mass is 19.1. The first-order valence-electron chi connectivity index (χ1n) is 5.43. The third kappa shape index (κ3) is 3.04. The predicted octanol–water partition coefficient (Wildman–Crippen LogP) is 2.60. The maximum atomic E-state index is 12.8. The Morgan fingerprint density at radius 2 is 1.41 bits per heavy atom. The third-order valence-electron chi connectivity index (χ3n) is 2.40. The van der Waals surface area contributed by atoms with E-state index in [1.54, 1.807) is 12.1 Å². The van der Waals surface area contributed by atoms with E-state index >= 15 is 0 Å². The summed E-state index contributed by atoms with van der Waals surface area (Å²) < 4.78 is 18.1. The number of ether oxygens (including phenoxy) is 1. The molecular formula is C14H14FO2+. The van der Waals surface area contributed by atoms with Crippen LogP contribution in [-0.4, -0.2) is 18.3 Å². The van der Waals surface area contributed by atoms with Gasteiger partial charge in [0.15, 0.2) is 13.2 Å². The van der Waals surface area contributed by atoms with E-state index in [1.807, 2.05) is 24.3 Å². The Bertz CT molecular complexity index is 463. The largest absolute Gasteiger partial charge is 0.486 e. The van der Waals surface area contributed by atoms with E-state index in [0.29, 0.717) is 6.61 Å². The lowest BCUT2D eigenvalue weighted by Crippen LogP contribution is -2.01. The van der Waals surface area contributed by atoms with Gasteiger partial charge in [-0.1, -0.05) is 24.3 Å².